The third-order valence-corrected chi connectivity index (χ3v) is 6.83. The van der Waals surface area contributed by atoms with Gasteiger partial charge < -0.3 is 4.90 Å². The molecule has 1 aliphatic heterocycles. The molecule has 4 nitrogen and oxygen atoms in total. The van der Waals surface area contributed by atoms with Crippen LogP contribution in [0.1, 0.15) is 43.6 Å². The molecule has 6 heteroatoms. The highest BCUT2D eigenvalue weighted by Crippen LogP contribution is 2.34. The minimum Gasteiger partial charge on any atom is -0.337 e. The van der Waals surface area contributed by atoms with Gasteiger partial charge in [-0.05, 0) is 52.5 Å². The second kappa shape index (κ2) is 6.77. The van der Waals surface area contributed by atoms with E-state index in [1.807, 2.05) is 0 Å². The number of hydrogen-bond donors (Lipinski definition) is 0. The van der Waals surface area contributed by atoms with Gasteiger partial charge in [0.2, 0.25) is 5.91 Å². The van der Waals surface area contributed by atoms with E-state index in [1.165, 1.54) is 16.9 Å². The molecular formula is C17H23N3OS2. The average Bonchev–Trinajstić information content (AvgIpc) is 2.80. The van der Waals surface area contributed by atoms with Gasteiger partial charge in [-0.3, -0.25) is 4.79 Å². The molecule has 0 unspecified atom stereocenters. The van der Waals surface area contributed by atoms with Crippen LogP contribution in [0.2, 0.25) is 0 Å². The van der Waals surface area contributed by atoms with Crippen LogP contribution in [0.25, 0.3) is 10.2 Å². The fraction of sp³-hybridized carbons (Fsp3) is 0.588. The third-order valence-electron chi connectivity index (χ3n) is 4.74. The molecule has 1 saturated heterocycles. The van der Waals surface area contributed by atoms with Gasteiger partial charge in [0, 0.05) is 22.3 Å². The number of thiophene rings is 1. The molecule has 23 heavy (non-hydrogen) atoms. The number of rotatable bonds is 3. The lowest BCUT2D eigenvalue weighted by Gasteiger charge is -2.39. The van der Waals surface area contributed by atoms with Gasteiger partial charge in [-0.15, -0.1) is 11.3 Å². The Hall–Kier alpha value is -1.14. The number of nitrogens with zero attached hydrogens (tertiary/aromatic N) is 3. The Kier molecular flexibility index (Phi) is 4.92. The van der Waals surface area contributed by atoms with Crippen molar-refractivity contribution in [2.75, 3.05) is 5.75 Å². The molecule has 3 rings (SSSR count). The zero-order valence-corrected chi connectivity index (χ0v) is 15.8. The number of likely N-dealkylation sites (tertiary alicyclic amines) is 1. The first-order chi connectivity index (χ1) is 11.0. The maximum Gasteiger partial charge on any atom is 0.233 e. The van der Waals surface area contributed by atoms with E-state index in [2.05, 4.69) is 42.6 Å². The smallest absolute Gasteiger partial charge is 0.233 e. The Morgan fingerprint density at radius 3 is 2.70 bits per heavy atom. The van der Waals surface area contributed by atoms with E-state index in [9.17, 15) is 4.79 Å². The van der Waals surface area contributed by atoms with Gasteiger partial charge in [0.05, 0.1) is 5.75 Å². The van der Waals surface area contributed by atoms with Crippen LogP contribution < -0.4 is 0 Å². The molecule has 0 aliphatic carbocycles. The Balaban J connectivity index is 1.77. The largest absolute Gasteiger partial charge is 0.337 e. The summed E-state index contributed by atoms with van der Waals surface area (Å²) in [7, 11) is 0. The summed E-state index contributed by atoms with van der Waals surface area (Å²) in [6.07, 6.45) is 5.05. The summed E-state index contributed by atoms with van der Waals surface area (Å²) in [6, 6.07) is 0.699. The summed E-state index contributed by atoms with van der Waals surface area (Å²) in [5.41, 5.74) is 1.24. The van der Waals surface area contributed by atoms with Crippen LogP contribution in [0.15, 0.2) is 11.4 Å². The van der Waals surface area contributed by atoms with Crippen LogP contribution in [0, 0.1) is 13.8 Å². The van der Waals surface area contributed by atoms with Crippen LogP contribution in [-0.4, -0.2) is 38.6 Å². The Bertz CT molecular complexity index is 718. The van der Waals surface area contributed by atoms with Crippen molar-refractivity contribution in [2.45, 2.75) is 64.1 Å². The monoisotopic (exact) mass is 349 g/mol. The number of piperidine rings is 1. The van der Waals surface area contributed by atoms with E-state index in [-0.39, 0.29) is 5.91 Å². The van der Waals surface area contributed by atoms with E-state index >= 15 is 0 Å². The van der Waals surface area contributed by atoms with Crippen molar-refractivity contribution in [2.24, 2.45) is 0 Å². The van der Waals surface area contributed by atoms with Crippen molar-refractivity contribution >= 4 is 39.2 Å². The summed E-state index contributed by atoms with van der Waals surface area (Å²) in [5.74, 6) is 0.681. The molecular weight excluding hydrogens is 326 g/mol. The number of fused-ring (bicyclic) bond motifs is 1. The molecule has 0 radical (unpaired) electrons. The molecule has 1 fully saturated rings. The number of carbonyl (C=O) groups is 1. The van der Waals surface area contributed by atoms with E-state index in [0.717, 1.165) is 28.1 Å². The average molecular weight is 350 g/mol. The summed E-state index contributed by atoms with van der Waals surface area (Å²) in [4.78, 5) is 25.8. The summed E-state index contributed by atoms with van der Waals surface area (Å²) < 4.78 is 0. The molecule has 0 N–H and O–H groups in total. The van der Waals surface area contributed by atoms with Crippen LogP contribution in [-0.2, 0) is 4.79 Å². The second-order valence-corrected chi connectivity index (χ2v) is 8.53. The van der Waals surface area contributed by atoms with E-state index in [0.29, 0.717) is 17.8 Å². The Morgan fingerprint density at radius 1 is 1.30 bits per heavy atom. The van der Waals surface area contributed by atoms with Crippen molar-refractivity contribution in [3.05, 3.63) is 16.8 Å². The topological polar surface area (TPSA) is 46.1 Å². The number of hydrogen-bond acceptors (Lipinski definition) is 5. The fourth-order valence-electron chi connectivity index (χ4n) is 3.38. The zero-order valence-electron chi connectivity index (χ0n) is 14.1. The lowest BCUT2D eigenvalue weighted by atomic mass is 9.98. The number of aryl methyl sites for hydroxylation is 2. The summed E-state index contributed by atoms with van der Waals surface area (Å²) >= 11 is 3.24. The Labute approximate surface area is 145 Å². The number of carbonyl (C=O) groups excluding carboxylic acids is 1. The molecule has 2 atom stereocenters. The number of amides is 1. The molecule has 0 spiro atoms. The molecule has 2 aromatic rings. The normalized spacial score (nSPS) is 21.8. The molecule has 0 aromatic carbocycles. The molecule has 2 aromatic heterocycles. The predicted molar refractivity (Wildman–Crippen MR) is 97.2 cm³/mol. The molecule has 124 valence electrons. The highest BCUT2D eigenvalue weighted by molar-refractivity contribution is 8.00. The molecule has 1 amide bonds. The fourth-order valence-corrected chi connectivity index (χ4v) is 5.36. The van der Waals surface area contributed by atoms with Gasteiger partial charge in [0.15, 0.2) is 0 Å². The van der Waals surface area contributed by atoms with Crippen molar-refractivity contribution in [1.82, 2.24) is 14.9 Å². The standard InChI is InChI=1S/C17H23N3OS2/c1-10-6-5-7-11(2)20(10)14(21)8-22-16-15-12(3)13(4)23-17(15)19-9-18-16/h9-11H,5-8H2,1-4H3/t10-,11-/m1/s1. The summed E-state index contributed by atoms with van der Waals surface area (Å²) in [5, 5.41) is 2.05. The molecule has 0 bridgehead atoms. The highest BCUT2D eigenvalue weighted by Gasteiger charge is 2.28. The Morgan fingerprint density at radius 2 is 2.00 bits per heavy atom. The predicted octanol–water partition coefficient (Wildman–Crippen LogP) is 4.19. The van der Waals surface area contributed by atoms with Gasteiger partial charge in [-0.2, -0.15) is 0 Å². The van der Waals surface area contributed by atoms with Crippen molar-refractivity contribution < 1.29 is 4.79 Å². The van der Waals surface area contributed by atoms with Crippen molar-refractivity contribution in [3.63, 3.8) is 0 Å². The van der Waals surface area contributed by atoms with E-state index in [4.69, 9.17) is 0 Å². The molecule has 1 aliphatic rings. The van der Waals surface area contributed by atoms with Crippen molar-refractivity contribution in [1.29, 1.82) is 0 Å². The quantitative estimate of drug-likeness (QED) is 0.616. The maximum atomic E-state index is 12.7. The molecule has 3 heterocycles. The van der Waals surface area contributed by atoms with E-state index in [1.54, 1.807) is 29.4 Å². The first-order valence-corrected chi connectivity index (χ1v) is 9.94. The summed E-state index contributed by atoms with van der Waals surface area (Å²) in [6.45, 7) is 8.54. The lowest BCUT2D eigenvalue weighted by Crippen LogP contribution is -2.48. The van der Waals surface area contributed by atoms with Gasteiger partial charge in [-0.1, -0.05) is 11.8 Å². The first kappa shape index (κ1) is 16.7. The highest BCUT2D eigenvalue weighted by atomic mass is 32.2. The van der Waals surface area contributed by atoms with Crippen LogP contribution in [0.4, 0.5) is 0 Å². The molecule has 0 saturated carbocycles. The first-order valence-electron chi connectivity index (χ1n) is 8.13. The zero-order chi connectivity index (χ0) is 16.6. The lowest BCUT2D eigenvalue weighted by molar-refractivity contribution is -0.134. The van der Waals surface area contributed by atoms with Gasteiger partial charge >= 0.3 is 0 Å². The van der Waals surface area contributed by atoms with Crippen LogP contribution >= 0.6 is 23.1 Å². The van der Waals surface area contributed by atoms with Gasteiger partial charge in [0.25, 0.3) is 0 Å². The van der Waals surface area contributed by atoms with E-state index < -0.39 is 0 Å². The second-order valence-electron chi connectivity index (χ2n) is 6.36. The SMILES string of the molecule is Cc1sc2ncnc(SCC(=O)N3[C@H](C)CCC[C@H]3C)c2c1C. The number of thioether (sulfide) groups is 1. The van der Waals surface area contributed by atoms with Gasteiger partial charge in [-0.25, -0.2) is 9.97 Å². The van der Waals surface area contributed by atoms with Crippen LogP contribution in [0.5, 0.6) is 0 Å². The minimum atomic E-state index is 0.228. The third kappa shape index (κ3) is 3.24. The van der Waals surface area contributed by atoms with Gasteiger partial charge in [0.1, 0.15) is 16.2 Å². The van der Waals surface area contributed by atoms with Crippen molar-refractivity contribution in [3.8, 4) is 0 Å². The van der Waals surface area contributed by atoms with Crippen LogP contribution in [0.3, 0.4) is 0 Å². The minimum absolute atomic E-state index is 0.228. The maximum absolute atomic E-state index is 12.7. The number of aromatic nitrogens is 2.